The molecule has 0 spiro atoms. The maximum absolute atomic E-state index is 12.2. The second kappa shape index (κ2) is 6.16. The Bertz CT molecular complexity index is 418. The molecule has 98 valence electrons. The van der Waals surface area contributed by atoms with Crippen molar-refractivity contribution >= 4 is 11.9 Å². The standard InChI is InChI=1S/C13H18N2O3/c1-9(2)15(8-11(16)17)13(18)12(14)10-6-4-3-5-7-10/h3-7,9,12H,8,14H2,1-2H3,(H,16,17)/t12-/m1/s1. The van der Waals surface area contributed by atoms with Crippen LogP contribution >= 0.6 is 0 Å². The second-order valence-electron chi connectivity index (χ2n) is 4.34. The SMILES string of the molecule is CC(C)N(CC(=O)O)C(=O)[C@H](N)c1ccccc1. The number of carboxylic acid groups (broad SMARTS) is 1. The Hall–Kier alpha value is -1.88. The minimum atomic E-state index is -1.04. The molecule has 1 amide bonds. The maximum atomic E-state index is 12.2. The average molecular weight is 250 g/mol. The van der Waals surface area contributed by atoms with Crippen molar-refractivity contribution < 1.29 is 14.7 Å². The van der Waals surface area contributed by atoms with Crippen molar-refractivity contribution in [1.29, 1.82) is 0 Å². The molecule has 0 saturated heterocycles. The topological polar surface area (TPSA) is 83.6 Å². The van der Waals surface area contributed by atoms with Crippen LogP contribution in [0.4, 0.5) is 0 Å². The maximum Gasteiger partial charge on any atom is 0.323 e. The molecule has 0 saturated carbocycles. The average Bonchev–Trinajstić information content (AvgIpc) is 2.34. The van der Waals surface area contributed by atoms with E-state index < -0.39 is 12.0 Å². The largest absolute Gasteiger partial charge is 0.480 e. The second-order valence-corrected chi connectivity index (χ2v) is 4.34. The molecule has 1 aromatic rings. The van der Waals surface area contributed by atoms with E-state index in [1.807, 2.05) is 6.07 Å². The van der Waals surface area contributed by atoms with Gasteiger partial charge in [-0.3, -0.25) is 9.59 Å². The van der Waals surface area contributed by atoms with Gasteiger partial charge in [-0.05, 0) is 19.4 Å². The Morgan fingerprint density at radius 3 is 2.28 bits per heavy atom. The van der Waals surface area contributed by atoms with E-state index in [1.165, 1.54) is 4.90 Å². The minimum Gasteiger partial charge on any atom is -0.480 e. The van der Waals surface area contributed by atoms with Crippen LogP contribution in [0.2, 0.25) is 0 Å². The molecule has 0 aliphatic carbocycles. The zero-order valence-electron chi connectivity index (χ0n) is 10.5. The molecule has 0 aliphatic heterocycles. The molecule has 0 heterocycles. The summed E-state index contributed by atoms with van der Waals surface area (Å²) in [5, 5.41) is 8.80. The molecule has 0 fully saturated rings. The first kappa shape index (κ1) is 14.2. The highest BCUT2D eigenvalue weighted by Gasteiger charge is 2.25. The molecule has 3 N–H and O–H groups in total. The number of aliphatic carboxylic acids is 1. The molecule has 0 radical (unpaired) electrons. The van der Waals surface area contributed by atoms with E-state index in [0.717, 1.165) is 0 Å². The Morgan fingerprint density at radius 2 is 1.83 bits per heavy atom. The molecular formula is C13H18N2O3. The number of hydrogen-bond donors (Lipinski definition) is 2. The van der Waals surface area contributed by atoms with E-state index in [0.29, 0.717) is 5.56 Å². The van der Waals surface area contributed by atoms with Crippen molar-refractivity contribution in [2.45, 2.75) is 25.9 Å². The number of rotatable bonds is 5. The molecule has 0 aliphatic rings. The van der Waals surface area contributed by atoms with Crippen LogP contribution in [0, 0.1) is 0 Å². The van der Waals surface area contributed by atoms with E-state index in [4.69, 9.17) is 10.8 Å². The number of carbonyl (C=O) groups excluding carboxylic acids is 1. The summed E-state index contributed by atoms with van der Waals surface area (Å²) >= 11 is 0. The first-order valence-electron chi connectivity index (χ1n) is 5.76. The van der Waals surface area contributed by atoms with Crippen LogP contribution in [-0.4, -0.2) is 34.5 Å². The molecule has 0 aromatic heterocycles. The molecule has 5 heteroatoms. The van der Waals surface area contributed by atoms with Crippen LogP contribution in [0.3, 0.4) is 0 Å². The quantitative estimate of drug-likeness (QED) is 0.816. The van der Waals surface area contributed by atoms with Gasteiger partial charge in [0.25, 0.3) is 0 Å². The lowest BCUT2D eigenvalue weighted by Crippen LogP contribution is -2.45. The fourth-order valence-electron chi connectivity index (χ4n) is 1.64. The van der Waals surface area contributed by atoms with Crippen molar-refractivity contribution in [3.8, 4) is 0 Å². The van der Waals surface area contributed by atoms with Gasteiger partial charge in [0.1, 0.15) is 12.6 Å². The molecule has 1 aromatic carbocycles. The van der Waals surface area contributed by atoms with Gasteiger partial charge in [0.15, 0.2) is 0 Å². The van der Waals surface area contributed by atoms with Crippen molar-refractivity contribution in [2.24, 2.45) is 5.73 Å². The highest BCUT2D eigenvalue weighted by atomic mass is 16.4. The van der Waals surface area contributed by atoms with Gasteiger partial charge >= 0.3 is 5.97 Å². The Labute approximate surface area is 106 Å². The van der Waals surface area contributed by atoms with Gasteiger partial charge in [-0.1, -0.05) is 30.3 Å². The van der Waals surface area contributed by atoms with Gasteiger partial charge in [-0.25, -0.2) is 0 Å². The summed E-state index contributed by atoms with van der Waals surface area (Å²) in [6.45, 7) is 3.19. The molecule has 1 rings (SSSR count). The summed E-state index contributed by atoms with van der Waals surface area (Å²) < 4.78 is 0. The first-order chi connectivity index (χ1) is 8.43. The number of carboxylic acids is 1. The number of nitrogens with zero attached hydrogens (tertiary/aromatic N) is 1. The van der Waals surface area contributed by atoms with Gasteiger partial charge in [0.2, 0.25) is 5.91 Å². The van der Waals surface area contributed by atoms with Gasteiger partial charge in [0, 0.05) is 6.04 Å². The molecule has 18 heavy (non-hydrogen) atoms. The Balaban J connectivity index is 2.86. The zero-order valence-corrected chi connectivity index (χ0v) is 10.5. The number of benzene rings is 1. The number of carbonyl (C=O) groups is 2. The number of amides is 1. The number of nitrogens with two attached hydrogens (primary N) is 1. The van der Waals surface area contributed by atoms with Gasteiger partial charge in [-0.15, -0.1) is 0 Å². The Kier molecular flexibility index (Phi) is 4.85. The van der Waals surface area contributed by atoms with E-state index in [2.05, 4.69) is 0 Å². The minimum absolute atomic E-state index is 0.205. The summed E-state index contributed by atoms with van der Waals surface area (Å²) in [7, 11) is 0. The number of hydrogen-bond acceptors (Lipinski definition) is 3. The third-order valence-corrected chi connectivity index (χ3v) is 2.64. The third-order valence-electron chi connectivity index (χ3n) is 2.64. The van der Waals surface area contributed by atoms with Crippen molar-refractivity contribution in [1.82, 2.24) is 4.90 Å². The van der Waals surface area contributed by atoms with Crippen LogP contribution in [-0.2, 0) is 9.59 Å². The van der Waals surface area contributed by atoms with Crippen molar-refractivity contribution in [3.05, 3.63) is 35.9 Å². The van der Waals surface area contributed by atoms with E-state index in [9.17, 15) is 9.59 Å². The smallest absolute Gasteiger partial charge is 0.323 e. The summed E-state index contributed by atoms with van der Waals surface area (Å²) in [5.41, 5.74) is 6.55. The molecule has 1 atom stereocenters. The van der Waals surface area contributed by atoms with Crippen LogP contribution in [0.15, 0.2) is 30.3 Å². The normalized spacial score (nSPS) is 12.2. The zero-order chi connectivity index (χ0) is 13.7. The summed E-state index contributed by atoms with van der Waals surface area (Å²) in [5.74, 6) is -1.42. The first-order valence-corrected chi connectivity index (χ1v) is 5.76. The van der Waals surface area contributed by atoms with Crippen LogP contribution in [0.25, 0.3) is 0 Å². The lowest BCUT2D eigenvalue weighted by Gasteiger charge is -2.27. The fourth-order valence-corrected chi connectivity index (χ4v) is 1.64. The predicted molar refractivity (Wildman–Crippen MR) is 67.9 cm³/mol. The lowest BCUT2D eigenvalue weighted by atomic mass is 10.1. The van der Waals surface area contributed by atoms with Gasteiger partial charge in [-0.2, -0.15) is 0 Å². The molecule has 0 bridgehead atoms. The summed E-state index contributed by atoms with van der Waals surface area (Å²) in [6, 6.07) is 7.89. The predicted octanol–water partition coefficient (Wildman–Crippen LogP) is 1.01. The molecule has 0 unspecified atom stereocenters. The highest BCUT2D eigenvalue weighted by molar-refractivity contribution is 5.86. The highest BCUT2D eigenvalue weighted by Crippen LogP contribution is 2.14. The van der Waals surface area contributed by atoms with Gasteiger partial charge in [0.05, 0.1) is 0 Å². The molecule has 5 nitrogen and oxygen atoms in total. The lowest BCUT2D eigenvalue weighted by molar-refractivity contribution is -0.146. The van der Waals surface area contributed by atoms with Crippen molar-refractivity contribution in [2.75, 3.05) is 6.54 Å². The van der Waals surface area contributed by atoms with Crippen molar-refractivity contribution in [3.63, 3.8) is 0 Å². The summed E-state index contributed by atoms with van der Waals surface area (Å²) in [6.07, 6.45) is 0. The summed E-state index contributed by atoms with van der Waals surface area (Å²) in [4.78, 5) is 24.2. The van der Waals surface area contributed by atoms with E-state index in [-0.39, 0.29) is 18.5 Å². The Morgan fingerprint density at radius 1 is 1.28 bits per heavy atom. The van der Waals surface area contributed by atoms with Gasteiger partial charge < -0.3 is 15.7 Å². The third kappa shape index (κ3) is 3.56. The van der Waals surface area contributed by atoms with Crippen LogP contribution in [0.1, 0.15) is 25.5 Å². The monoisotopic (exact) mass is 250 g/mol. The fraction of sp³-hybridized carbons (Fsp3) is 0.385. The van der Waals surface area contributed by atoms with Crippen LogP contribution < -0.4 is 5.73 Å². The van der Waals surface area contributed by atoms with Crippen LogP contribution in [0.5, 0.6) is 0 Å². The van der Waals surface area contributed by atoms with E-state index >= 15 is 0 Å². The van der Waals surface area contributed by atoms with E-state index in [1.54, 1.807) is 38.1 Å². The molecular weight excluding hydrogens is 232 g/mol.